The molecule has 7 nitrogen and oxygen atoms in total. The smallest absolute Gasteiger partial charge is 0.343 e. The first-order valence-electron chi connectivity index (χ1n) is 8.51. The molecule has 140 valence electrons. The minimum Gasteiger partial charge on any atom is -0.477 e. The van der Waals surface area contributed by atoms with Crippen LogP contribution in [0.5, 0.6) is 0 Å². The summed E-state index contributed by atoms with van der Waals surface area (Å²) in [6.07, 6.45) is 3.06. The predicted octanol–water partition coefficient (Wildman–Crippen LogP) is 3.09. The summed E-state index contributed by atoms with van der Waals surface area (Å²) < 4.78 is 29.3. The van der Waals surface area contributed by atoms with Gasteiger partial charge in [0.25, 0.3) is 0 Å². The lowest BCUT2D eigenvalue weighted by molar-refractivity contribution is 0.0700. The highest BCUT2D eigenvalue weighted by Crippen LogP contribution is 2.37. The number of hydrogen-bond acceptors (Lipinski definition) is 5. The Balaban J connectivity index is 1.80. The number of nitrogens with one attached hydrogen (secondary N) is 1. The highest BCUT2D eigenvalue weighted by molar-refractivity contribution is 6.00. The van der Waals surface area contributed by atoms with Crippen molar-refractivity contribution in [3.8, 4) is 0 Å². The Bertz CT molecular complexity index is 1040. The topological polar surface area (TPSA) is 82.8 Å². The van der Waals surface area contributed by atoms with Crippen molar-refractivity contribution >= 4 is 23.3 Å². The van der Waals surface area contributed by atoms with Gasteiger partial charge in [-0.15, -0.1) is 5.10 Å². The molecule has 1 aliphatic heterocycles. The van der Waals surface area contributed by atoms with Crippen LogP contribution in [0.3, 0.4) is 0 Å². The van der Waals surface area contributed by atoms with Gasteiger partial charge in [-0.3, -0.25) is 0 Å². The molecule has 2 aromatic heterocycles. The van der Waals surface area contributed by atoms with Gasteiger partial charge in [0.1, 0.15) is 23.0 Å². The monoisotopic (exact) mass is 373 g/mol. The highest BCUT2D eigenvalue weighted by atomic mass is 19.1. The lowest BCUT2D eigenvalue weighted by Crippen LogP contribution is -2.24. The summed E-state index contributed by atoms with van der Waals surface area (Å²) >= 11 is 0. The van der Waals surface area contributed by atoms with Gasteiger partial charge in [0.15, 0.2) is 11.5 Å². The number of nitrogens with zero attached hydrogens (tertiary/aromatic N) is 4. The Labute approximate surface area is 153 Å². The molecule has 2 N–H and O–H groups in total. The van der Waals surface area contributed by atoms with Crippen molar-refractivity contribution in [3.05, 3.63) is 53.2 Å². The van der Waals surface area contributed by atoms with Crippen molar-refractivity contribution in [3.63, 3.8) is 0 Å². The molecule has 0 spiro atoms. The summed E-state index contributed by atoms with van der Waals surface area (Å²) in [5.74, 6) is -1.40. The van der Waals surface area contributed by atoms with Gasteiger partial charge < -0.3 is 15.3 Å². The Kier molecular flexibility index (Phi) is 4.14. The van der Waals surface area contributed by atoms with Gasteiger partial charge in [-0.1, -0.05) is 0 Å². The molecule has 1 aliphatic rings. The number of aromatic carboxylic acids is 1. The molecule has 1 saturated heterocycles. The van der Waals surface area contributed by atoms with Gasteiger partial charge in [0.05, 0.1) is 6.04 Å². The van der Waals surface area contributed by atoms with E-state index in [4.69, 9.17) is 0 Å². The van der Waals surface area contributed by atoms with E-state index in [0.717, 1.165) is 18.6 Å². The van der Waals surface area contributed by atoms with Crippen LogP contribution in [-0.4, -0.2) is 39.3 Å². The van der Waals surface area contributed by atoms with Crippen molar-refractivity contribution in [1.29, 1.82) is 0 Å². The number of hydrogen-bond donors (Lipinski definition) is 2. The van der Waals surface area contributed by atoms with E-state index in [9.17, 15) is 18.7 Å². The number of aromatic nitrogens is 3. The fourth-order valence-corrected chi connectivity index (χ4v) is 3.59. The van der Waals surface area contributed by atoms with Gasteiger partial charge >= 0.3 is 5.97 Å². The quantitative estimate of drug-likeness (QED) is 0.731. The molecular formula is C18H17F2N5O2. The first-order valence-corrected chi connectivity index (χ1v) is 8.51. The second-order valence-corrected chi connectivity index (χ2v) is 6.35. The molecule has 0 aliphatic carbocycles. The Morgan fingerprint density at radius 1 is 1.33 bits per heavy atom. The Morgan fingerprint density at radius 3 is 2.89 bits per heavy atom. The van der Waals surface area contributed by atoms with Crippen LogP contribution in [0.4, 0.5) is 20.4 Å². The zero-order valence-corrected chi connectivity index (χ0v) is 14.5. The second-order valence-electron chi connectivity index (χ2n) is 6.35. The molecule has 1 aromatic carbocycles. The number of benzene rings is 1. The molecule has 0 saturated carbocycles. The standard InChI is InChI=1S/C18H17F2N5O2/c1-21-16-15(18(26)27)17-22-14(6-8-25(17)23-16)24-7-2-3-13(24)11-9-10(19)4-5-12(11)20/h4-6,8-9,13H,2-3,7H2,1H3,(H,21,23)(H,26,27)/t13-/m1/s1. The third-order valence-electron chi connectivity index (χ3n) is 4.79. The van der Waals surface area contributed by atoms with Crippen molar-refractivity contribution < 1.29 is 18.7 Å². The van der Waals surface area contributed by atoms with E-state index < -0.39 is 17.6 Å². The number of carboxylic acids is 1. The molecule has 3 heterocycles. The molecular weight excluding hydrogens is 356 g/mol. The summed E-state index contributed by atoms with van der Waals surface area (Å²) in [5.41, 5.74) is 0.429. The van der Waals surface area contributed by atoms with E-state index in [2.05, 4.69) is 15.4 Å². The lowest BCUT2D eigenvalue weighted by Gasteiger charge is -2.26. The summed E-state index contributed by atoms with van der Waals surface area (Å²) in [6.45, 7) is 0.610. The van der Waals surface area contributed by atoms with Gasteiger partial charge in [0, 0.05) is 25.4 Å². The van der Waals surface area contributed by atoms with Gasteiger partial charge in [-0.25, -0.2) is 23.1 Å². The number of halogens is 2. The van der Waals surface area contributed by atoms with Crippen molar-refractivity contribution in [1.82, 2.24) is 14.6 Å². The van der Waals surface area contributed by atoms with Crippen molar-refractivity contribution in [2.24, 2.45) is 0 Å². The maximum absolute atomic E-state index is 14.3. The molecule has 9 heteroatoms. The van der Waals surface area contributed by atoms with Crippen LogP contribution >= 0.6 is 0 Å². The number of fused-ring (bicyclic) bond motifs is 1. The zero-order valence-electron chi connectivity index (χ0n) is 14.5. The molecule has 0 amide bonds. The summed E-state index contributed by atoms with van der Waals surface area (Å²) in [4.78, 5) is 18.0. The number of anilines is 2. The van der Waals surface area contributed by atoms with Crippen LogP contribution in [0.15, 0.2) is 30.5 Å². The fourth-order valence-electron chi connectivity index (χ4n) is 3.59. The third kappa shape index (κ3) is 2.84. The molecule has 1 fully saturated rings. The zero-order chi connectivity index (χ0) is 19.1. The lowest BCUT2D eigenvalue weighted by atomic mass is 10.0. The van der Waals surface area contributed by atoms with Crippen LogP contribution in [0, 0.1) is 11.6 Å². The molecule has 27 heavy (non-hydrogen) atoms. The van der Waals surface area contributed by atoms with Crippen molar-refractivity contribution in [2.45, 2.75) is 18.9 Å². The van der Waals surface area contributed by atoms with Crippen LogP contribution in [0.1, 0.15) is 34.8 Å². The molecule has 1 atom stereocenters. The van der Waals surface area contributed by atoms with E-state index in [1.54, 1.807) is 19.3 Å². The Morgan fingerprint density at radius 2 is 2.15 bits per heavy atom. The minimum atomic E-state index is -1.15. The fraction of sp³-hybridized carbons (Fsp3) is 0.278. The van der Waals surface area contributed by atoms with Gasteiger partial charge in [0.2, 0.25) is 0 Å². The third-order valence-corrected chi connectivity index (χ3v) is 4.79. The molecule has 0 radical (unpaired) electrons. The van der Waals surface area contributed by atoms with Crippen LogP contribution in [0.2, 0.25) is 0 Å². The van der Waals surface area contributed by atoms with Crippen molar-refractivity contribution in [2.75, 3.05) is 23.8 Å². The van der Waals surface area contributed by atoms with E-state index >= 15 is 0 Å². The SMILES string of the molecule is CNc1nn2ccc(N3CCC[C@@H]3c3cc(F)ccc3F)nc2c1C(=O)O. The largest absolute Gasteiger partial charge is 0.477 e. The maximum atomic E-state index is 14.3. The van der Waals surface area contributed by atoms with E-state index in [1.165, 1.54) is 10.6 Å². The first-order chi connectivity index (χ1) is 13.0. The molecule has 4 rings (SSSR count). The minimum absolute atomic E-state index is 0.0352. The van der Waals surface area contributed by atoms with Crippen LogP contribution < -0.4 is 10.2 Å². The van der Waals surface area contributed by atoms with Crippen LogP contribution in [-0.2, 0) is 0 Å². The second kappa shape index (κ2) is 6.49. The number of rotatable bonds is 4. The predicted molar refractivity (Wildman–Crippen MR) is 95.2 cm³/mol. The molecule has 3 aromatic rings. The van der Waals surface area contributed by atoms with E-state index in [0.29, 0.717) is 18.8 Å². The summed E-state index contributed by atoms with van der Waals surface area (Å²) in [5, 5.41) is 16.4. The molecule has 0 bridgehead atoms. The van der Waals surface area contributed by atoms with Crippen LogP contribution in [0.25, 0.3) is 5.65 Å². The van der Waals surface area contributed by atoms with E-state index in [-0.39, 0.29) is 28.6 Å². The van der Waals surface area contributed by atoms with E-state index in [1.807, 2.05) is 4.90 Å². The number of carboxylic acid groups (broad SMARTS) is 1. The van der Waals surface area contributed by atoms with Gasteiger partial charge in [-0.05, 0) is 37.1 Å². The molecule has 0 unspecified atom stereocenters. The maximum Gasteiger partial charge on any atom is 0.343 e. The average Bonchev–Trinajstić information content (AvgIpc) is 3.27. The number of carbonyl (C=O) groups is 1. The van der Waals surface area contributed by atoms with Gasteiger partial charge in [-0.2, -0.15) is 0 Å². The summed E-state index contributed by atoms with van der Waals surface area (Å²) in [7, 11) is 1.58. The first kappa shape index (κ1) is 17.2. The Hall–Kier alpha value is -3.23. The average molecular weight is 373 g/mol. The summed E-state index contributed by atoms with van der Waals surface area (Å²) in [6, 6.07) is 4.75. The normalized spacial score (nSPS) is 16.9. The highest BCUT2D eigenvalue weighted by Gasteiger charge is 2.30.